The number of nitrogens with two attached hydrogens (primary N) is 1. The van der Waals surface area contributed by atoms with Crippen LogP contribution in [-0.4, -0.2) is 6.03 Å². The molecular weight excluding hydrogens is 276 g/mol. The lowest BCUT2D eigenvalue weighted by molar-refractivity contribution is 0.262. The fourth-order valence-electron chi connectivity index (χ4n) is 1.84. The summed E-state index contributed by atoms with van der Waals surface area (Å²) in [5.41, 5.74) is 8.47. The lowest BCUT2D eigenvalue weighted by atomic mass is 10.1. The molecule has 0 spiro atoms. The molecule has 0 aromatic heterocycles. The van der Waals surface area contributed by atoms with Crippen LogP contribution < -0.4 is 16.4 Å². The Morgan fingerprint density at radius 1 is 1.00 bits per heavy atom. The molecule has 0 bridgehead atoms. The molecule has 2 aromatic rings. The van der Waals surface area contributed by atoms with Gasteiger partial charge in [0.25, 0.3) is 0 Å². The number of rotatable bonds is 2. The number of anilines is 3. The zero-order valence-corrected chi connectivity index (χ0v) is 11.6. The molecule has 0 fully saturated rings. The van der Waals surface area contributed by atoms with E-state index >= 15 is 0 Å². The third kappa shape index (κ3) is 3.47. The van der Waals surface area contributed by atoms with Crippen molar-refractivity contribution in [2.75, 3.05) is 16.4 Å². The molecule has 4 N–H and O–H groups in total. The number of urea groups is 1. The largest absolute Gasteiger partial charge is 0.399 e. The lowest BCUT2D eigenvalue weighted by Gasteiger charge is -2.12. The van der Waals surface area contributed by atoms with Crippen LogP contribution in [0.4, 0.5) is 30.6 Å². The molecule has 21 heavy (non-hydrogen) atoms. The number of carbonyl (C=O) groups excluding carboxylic acids is 1. The van der Waals surface area contributed by atoms with Crippen molar-refractivity contribution >= 4 is 23.1 Å². The van der Waals surface area contributed by atoms with Crippen molar-refractivity contribution in [1.29, 1.82) is 0 Å². The van der Waals surface area contributed by atoms with Crippen LogP contribution in [0.3, 0.4) is 0 Å². The highest BCUT2D eigenvalue weighted by atomic mass is 19.1. The van der Waals surface area contributed by atoms with E-state index < -0.39 is 17.7 Å². The van der Waals surface area contributed by atoms with Crippen LogP contribution in [0.1, 0.15) is 11.1 Å². The monoisotopic (exact) mass is 291 g/mol. The SMILES string of the molecule is Cc1cc(NC(=O)Nc2ccc(F)cc2F)c(C)cc1N. The Morgan fingerprint density at radius 3 is 2.33 bits per heavy atom. The van der Waals surface area contributed by atoms with Gasteiger partial charge in [0.05, 0.1) is 5.69 Å². The van der Waals surface area contributed by atoms with Gasteiger partial charge < -0.3 is 16.4 Å². The second-order valence-corrected chi connectivity index (χ2v) is 4.73. The highest BCUT2D eigenvalue weighted by Crippen LogP contribution is 2.22. The molecular formula is C15H15F2N3O. The minimum Gasteiger partial charge on any atom is -0.399 e. The van der Waals surface area contributed by atoms with Gasteiger partial charge >= 0.3 is 6.03 Å². The summed E-state index contributed by atoms with van der Waals surface area (Å²) in [4.78, 5) is 11.9. The third-order valence-corrected chi connectivity index (χ3v) is 3.04. The van der Waals surface area contributed by atoms with Gasteiger partial charge in [-0.05, 0) is 49.2 Å². The van der Waals surface area contributed by atoms with E-state index in [-0.39, 0.29) is 5.69 Å². The number of aryl methyl sites for hydroxylation is 2. The summed E-state index contributed by atoms with van der Waals surface area (Å²) in [5.74, 6) is -1.54. The lowest BCUT2D eigenvalue weighted by Crippen LogP contribution is -2.20. The first-order chi connectivity index (χ1) is 9.86. The molecule has 110 valence electrons. The Labute approximate surface area is 121 Å². The van der Waals surface area contributed by atoms with E-state index in [0.29, 0.717) is 17.4 Å². The molecule has 6 heteroatoms. The van der Waals surface area contributed by atoms with Gasteiger partial charge in [0.1, 0.15) is 11.6 Å². The summed E-state index contributed by atoms with van der Waals surface area (Å²) in [7, 11) is 0. The summed E-state index contributed by atoms with van der Waals surface area (Å²) in [6.45, 7) is 3.61. The van der Waals surface area contributed by atoms with E-state index in [4.69, 9.17) is 5.73 Å². The quantitative estimate of drug-likeness (QED) is 0.736. The van der Waals surface area contributed by atoms with Crippen molar-refractivity contribution in [3.8, 4) is 0 Å². The molecule has 4 nitrogen and oxygen atoms in total. The van der Waals surface area contributed by atoms with Gasteiger partial charge in [-0.15, -0.1) is 0 Å². The Kier molecular flexibility index (Phi) is 4.07. The van der Waals surface area contributed by atoms with E-state index in [1.807, 2.05) is 6.92 Å². The first-order valence-corrected chi connectivity index (χ1v) is 6.26. The zero-order chi connectivity index (χ0) is 15.6. The van der Waals surface area contributed by atoms with Gasteiger partial charge in [-0.25, -0.2) is 13.6 Å². The maximum Gasteiger partial charge on any atom is 0.323 e. The highest BCUT2D eigenvalue weighted by Gasteiger charge is 2.10. The molecule has 0 heterocycles. The molecule has 0 aliphatic carbocycles. The normalized spacial score (nSPS) is 10.3. The molecule has 0 atom stereocenters. The van der Waals surface area contributed by atoms with Gasteiger partial charge in [-0.3, -0.25) is 0 Å². The number of nitrogens with one attached hydrogen (secondary N) is 2. The molecule has 0 aliphatic heterocycles. The molecule has 2 aromatic carbocycles. The third-order valence-electron chi connectivity index (χ3n) is 3.04. The molecule has 0 saturated heterocycles. The summed E-state index contributed by atoms with van der Waals surface area (Å²) >= 11 is 0. The van der Waals surface area contributed by atoms with Crippen molar-refractivity contribution in [1.82, 2.24) is 0 Å². The van der Waals surface area contributed by atoms with Crippen LogP contribution in [-0.2, 0) is 0 Å². The zero-order valence-electron chi connectivity index (χ0n) is 11.6. The van der Waals surface area contributed by atoms with Crippen LogP contribution in [0, 0.1) is 25.5 Å². The molecule has 2 rings (SSSR count). The summed E-state index contributed by atoms with van der Waals surface area (Å²) in [6.07, 6.45) is 0. The Morgan fingerprint density at radius 2 is 1.67 bits per heavy atom. The molecule has 2 amide bonds. The standard InChI is InChI=1S/C15H15F2N3O/c1-8-6-14(9(2)5-12(8)18)20-15(21)19-13-4-3-10(16)7-11(13)17/h3-7H,18H2,1-2H3,(H2,19,20,21). The minimum atomic E-state index is -0.838. The van der Waals surface area contributed by atoms with Gasteiger partial charge in [-0.1, -0.05) is 0 Å². The number of carbonyl (C=O) groups is 1. The number of nitrogen functional groups attached to an aromatic ring is 1. The first-order valence-electron chi connectivity index (χ1n) is 6.26. The van der Waals surface area contributed by atoms with Crippen LogP contribution in [0.5, 0.6) is 0 Å². The van der Waals surface area contributed by atoms with E-state index in [1.54, 1.807) is 19.1 Å². The maximum atomic E-state index is 13.4. The van der Waals surface area contributed by atoms with E-state index in [1.165, 1.54) is 0 Å². The van der Waals surface area contributed by atoms with Crippen LogP contribution >= 0.6 is 0 Å². The Balaban J connectivity index is 2.13. The van der Waals surface area contributed by atoms with Crippen molar-refractivity contribution in [2.24, 2.45) is 0 Å². The van der Waals surface area contributed by atoms with Crippen molar-refractivity contribution in [2.45, 2.75) is 13.8 Å². The fraction of sp³-hybridized carbons (Fsp3) is 0.133. The van der Waals surface area contributed by atoms with E-state index in [9.17, 15) is 13.6 Å². The first kappa shape index (κ1) is 14.8. The molecule has 0 unspecified atom stereocenters. The van der Waals surface area contributed by atoms with Crippen LogP contribution in [0.2, 0.25) is 0 Å². The van der Waals surface area contributed by atoms with Gasteiger partial charge in [-0.2, -0.15) is 0 Å². The number of hydrogen-bond acceptors (Lipinski definition) is 2. The van der Waals surface area contributed by atoms with Crippen LogP contribution in [0.15, 0.2) is 30.3 Å². The molecule has 0 aliphatic rings. The fourth-order valence-corrected chi connectivity index (χ4v) is 1.84. The second-order valence-electron chi connectivity index (χ2n) is 4.73. The topological polar surface area (TPSA) is 67.2 Å². The summed E-state index contributed by atoms with van der Waals surface area (Å²) in [5, 5.41) is 4.93. The number of benzene rings is 2. The summed E-state index contributed by atoms with van der Waals surface area (Å²) < 4.78 is 26.2. The number of halogens is 2. The second kappa shape index (κ2) is 5.78. The average Bonchev–Trinajstić information content (AvgIpc) is 2.39. The number of hydrogen-bond donors (Lipinski definition) is 3. The Bertz CT molecular complexity index is 702. The van der Waals surface area contributed by atoms with Crippen molar-refractivity contribution in [3.63, 3.8) is 0 Å². The molecule has 0 saturated carbocycles. The van der Waals surface area contributed by atoms with Crippen molar-refractivity contribution in [3.05, 3.63) is 53.1 Å². The van der Waals surface area contributed by atoms with Crippen molar-refractivity contribution < 1.29 is 13.6 Å². The van der Waals surface area contributed by atoms with E-state index in [2.05, 4.69) is 10.6 Å². The predicted molar refractivity (Wildman–Crippen MR) is 79.3 cm³/mol. The predicted octanol–water partition coefficient (Wildman–Crippen LogP) is 3.81. The van der Waals surface area contributed by atoms with Gasteiger partial charge in [0.15, 0.2) is 0 Å². The molecule has 0 radical (unpaired) electrons. The highest BCUT2D eigenvalue weighted by molar-refractivity contribution is 6.00. The number of amides is 2. The van der Waals surface area contributed by atoms with E-state index in [0.717, 1.165) is 23.3 Å². The Hall–Kier alpha value is -2.63. The average molecular weight is 291 g/mol. The van der Waals surface area contributed by atoms with Gasteiger partial charge in [0.2, 0.25) is 0 Å². The summed E-state index contributed by atoms with van der Waals surface area (Å²) in [6, 6.07) is 5.78. The minimum absolute atomic E-state index is 0.0984. The smallest absolute Gasteiger partial charge is 0.323 e. The van der Waals surface area contributed by atoms with Gasteiger partial charge in [0, 0.05) is 17.4 Å². The van der Waals surface area contributed by atoms with Crippen LogP contribution in [0.25, 0.3) is 0 Å². The maximum absolute atomic E-state index is 13.4.